The van der Waals surface area contributed by atoms with E-state index in [1.165, 1.54) is 11.0 Å². The highest BCUT2D eigenvalue weighted by Gasteiger charge is 2.69. The lowest BCUT2D eigenvalue weighted by Gasteiger charge is -2.38. The minimum Gasteiger partial charge on any atom is -0.460 e. The molecular formula is C35H56N4O8. The molecule has 3 fully saturated rings. The van der Waals surface area contributed by atoms with Gasteiger partial charge in [-0.2, -0.15) is 0 Å². The molecule has 1 heterocycles. The molecule has 0 spiro atoms. The van der Waals surface area contributed by atoms with Gasteiger partial charge in [0, 0.05) is 13.1 Å². The largest absolute Gasteiger partial charge is 0.460 e. The minimum atomic E-state index is -1.06. The standard InChI is InChI=1S/C35H56N4O8/c1-11-14-23(27(40)29(42)36-17-12-2)37-28(41)26-24-22(35(24,9)10)19-39(26)30(43)25(38-32(45)47-34(6,7)8)20-15-13-16-21(18-20)31(44)46-33(3,4)5/h12,20-26H,2,11,13-19H2,1,3-10H3,(H,36,42)(H,37,41)(H,38,45)/t20-,21?,22?,23?,24?,25?,26?/m1/s1. The first-order chi connectivity index (χ1) is 21.7. The summed E-state index contributed by atoms with van der Waals surface area (Å²) in [5.41, 5.74) is -1.70. The molecule has 0 aromatic rings. The van der Waals surface area contributed by atoms with Gasteiger partial charge in [-0.3, -0.25) is 24.0 Å². The number of alkyl carbamates (subject to hydrolysis) is 1. The Kier molecular flexibility index (Phi) is 11.9. The monoisotopic (exact) mass is 660 g/mol. The Hall–Kier alpha value is -3.44. The van der Waals surface area contributed by atoms with E-state index in [9.17, 15) is 28.8 Å². The molecule has 0 radical (unpaired) electrons. The van der Waals surface area contributed by atoms with E-state index in [1.54, 1.807) is 41.5 Å². The predicted octanol–water partition coefficient (Wildman–Crippen LogP) is 3.67. The number of ketones is 1. The molecule has 3 aliphatic rings. The van der Waals surface area contributed by atoms with Crippen molar-refractivity contribution >= 4 is 35.6 Å². The summed E-state index contributed by atoms with van der Waals surface area (Å²) in [4.78, 5) is 81.7. The Morgan fingerprint density at radius 2 is 1.62 bits per heavy atom. The van der Waals surface area contributed by atoms with Crippen molar-refractivity contribution in [3.63, 3.8) is 0 Å². The molecule has 0 bridgehead atoms. The van der Waals surface area contributed by atoms with Gasteiger partial charge in [0.25, 0.3) is 5.91 Å². The number of fused-ring (bicyclic) bond motifs is 1. The topological polar surface area (TPSA) is 160 Å². The van der Waals surface area contributed by atoms with Crippen LogP contribution in [0.1, 0.15) is 101 Å². The van der Waals surface area contributed by atoms with Crippen LogP contribution in [0.25, 0.3) is 0 Å². The van der Waals surface area contributed by atoms with E-state index in [4.69, 9.17) is 9.47 Å². The number of hydrogen-bond donors (Lipinski definition) is 3. The Morgan fingerprint density at radius 3 is 2.19 bits per heavy atom. The second kappa shape index (κ2) is 14.8. The summed E-state index contributed by atoms with van der Waals surface area (Å²) in [7, 11) is 0. The molecule has 1 aliphatic heterocycles. The molecule has 6 unspecified atom stereocenters. The molecule has 12 nitrogen and oxygen atoms in total. The van der Waals surface area contributed by atoms with Crippen LogP contribution >= 0.6 is 0 Å². The quantitative estimate of drug-likeness (QED) is 0.162. The normalized spacial score (nSPS) is 26.1. The fraction of sp³-hybridized carbons (Fsp3) is 0.771. The number of amides is 4. The van der Waals surface area contributed by atoms with Crippen LogP contribution in [0, 0.1) is 29.1 Å². The Balaban J connectivity index is 1.90. The van der Waals surface area contributed by atoms with Crippen LogP contribution in [0.3, 0.4) is 0 Å². The van der Waals surface area contributed by atoms with Crippen molar-refractivity contribution in [1.82, 2.24) is 20.9 Å². The number of piperidine rings is 1. The van der Waals surface area contributed by atoms with Gasteiger partial charge in [-0.05, 0) is 90.4 Å². The van der Waals surface area contributed by atoms with Gasteiger partial charge in [-0.1, -0.05) is 39.7 Å². The van der Waals surface area contributed by atoms with E-state index in [0.717, 1.165) is 0 Å². The SMILES string of the molecule is C=CCNC(=O)C(=O)C(CCC)NC(=O)C1C2C(CN1C(=O)C(NC(=O)OC(C)(C)C)[C@@H]1CCCC(C(=O)OC(C)(C)C)C1)C2(C)C. The Morgan fingerprint density at radius 1 is 0.979 bits per heavy atom. The van der Waals surface area contributed by atoms with E-state index in [2.05, 4.69) is 22.5 Å². The summed E-state index contributed by atoms with van der Waals surface area (Å²) < 4.78 is 11.2. The fourth-order valence-corrected chi connectivity index (χ4v) is 7.16. The molecule has 2 aliphatic carbocycles. The first-order valence-corrected chi connectivity index (χ1v) is 17.0. The van der Waals surface area contributed by atoms with Crippen LogP contribution in [0.15, 0.2) is 12.7 Å². The summed E-state index contributed by atoms with van der Waals surface area (Å²) >= 11 is 0. The Bertz CT molecular complexity index is 1230. The van der Waals surface area contributed by atoms with Crippen molar-refractivity contribution in [2.24, 2.45) is 29.1 Å². The number of likely N-dealkylation sites (tertiary alicyclic amines) is 1. The first-order valence-electron chi connectivity index (χ1n) is 17.0. The Labute approximate surface area is 279 Å². The molecule has 7 atom stereocenters. The van der Waals surface area contributed by atoms with Gasteiger partial charge in [-0.15, -0.1) is 6.58 Å². The summed E-state index contributed by atoms with van der Waals surface area (Å²) in [6, 6.07) is -3.01. The average Bonchev–Trinajstić information content (AvgIpc) is 3.27. The molecule has 47 heavy (non-hydrogen) atoms. The number of rotatable bonds is 12. The summed E-state index contributed by atoms with van der Waals surface area (Å²) in [6.07, 6.45) is 3.67. The number of esters is 1. The number of carbonyl (C=O) groups is 6. The van der Waals surface area contributed by atoms with E-state index >= 15 is 0 Å². The smallest absolute Gasteiger partial charge is 0.408 e. The van der Waals surface area contributed by atoms with Gasteiger partial charge in [0.1, 0.15) is 23.3 Å². The van der Waals surface area contributed by atoms with Crippen molar-refractivity contribution in [3.05, 3.63) is 12.7 Å². The number of carbonyl (C=O) groups excluding carboxylic acids is 6. The second-order valence-electron chi connectivity index (χ2n) is 15.9. The van der Waals surface area contributed by atoms with Gasteiger partial charge < -0.3 is 30.3 Å². The van der Waals surface area contributed by atoms with E-state index < -0.39 is 70.8 Å². The zero-order valence-corrected chi connectivity index (χ0v) is 29.7. The van der Waals surface area contributed by atoms with E-state index in [0.29, 0.717) is 38.6 Å². The predicted molar refractivity (Wildman–Crippen MR) is 176 cm³/mol. The molecule has 0 aromatic heterocycles. The van der Waals surface area contributed by atoms with E-state index in [-0.39, 0.29) is 36.2 Å². The zero-order chi connectivity index (χ0) is 35.5. The van der Waals surface area contributed by atoms with Crippen LogP contribution in [-0.4, -0.2) is 82.9 Å². The summed E-state index contributed by atoms with van der Waals surface area (Å²) in [6.45, 7) is 20.5. The van der Waals surface area contributed by atoms with Crippen LogP contribution < -0.4 is 16.0 Å². The first kappa shape index (κ1) is 38.0. The van der Waals surface area contributed by atoms with Gasteiger partial charge in [0.15, 0.2) is 0 Å². The highest BCUT2D eigenvalue weighted by molar-refractivity contribution is 6.38. The lowest BCUT2D eigenvalue weighted by Crippen LogP contribution is -2.60. The van der Waals surface area contributed by atoms with Crippen molar-refractivity contribution in [2.75, 3.05) is 13.1 Å². The zero-order valence-electron chi connectivity index (χ0n) is 29.7. The van der Waals surface area contributed by atoms with Gasteiger partial charge in [0.05, 0.1) is 12.0 Å². The molecule has 12 heteroatoms. The highest BCUT2D eigenvalue weighted by atomic mass is 16.6. The molecule has 3 rings (SSSR count). The summed E-state index contributed by atoms with van der Waals surface area (Å²) in [5, 5.41) is 8.06. The maximum atomic E-state index is 14.5. The highest BCUT2D eigenvalue weighted by Crippen LogP contribution is 2.65. The van der Waals surface area contributed by atoms with Gasteiger partial charge >= 0.3 is 12.1 Å². The number of nitrogens with one attached hydrogen (secondary N) is 3. The molecule has 264 valence electrons. The van der Waals surface area contributed by atoms with Crippen molar-refractivity contribution in [1.29, 1.82) is 0 Å². The van der Waals surface area contributed by atoms with Crippen LogP contribution in [0.2, 0.25) is 0 Å². The average molecular weight is 661 g/mol. The van der Waals surface area contributed by atoms with Crippen molar-refractivity contribution < 1.29 is 38.2 Å². The molecule has 0 aromatic carbocycles. The number of Topliss-reactive ketones (excluding diaryl/α,β-unsaturated/α-hetero) is 1. The summed E-state index contributed by atoms with van der Waals surface area (Å²) in [5.74, 6) is -3.82. The van der Waals surface area contributed by atoms with Crippen LogP contribution in [-0.2, 0) is 33.4 Å². The second-order valence-corrected chi connectivity index (χ2v) is 15.9. The number of hydrogen-bond acceptors (Lipinski definition) is 8. The van der Waals surface area contributed by atoms with E-state index in [1.807, 2.05) is 20.8 Å². The van der Waals surface area contributed by atoms with Crippen LogP contribution in [0.5, 0.6) is 0 Å². The molecule has 1 saturated heterocycles. The van der Waals surface area contributed by atoms with Crippen molar-refractivity contribution in [3.8, 4) is 0 Å². The maximum absolute atomic E-state index is 14.5. The van der Waals surface area contributed by atoms with Gasteiger partial charge in [0.2, 0.25) is 17.6 Å². The lowest BCUT2D eigenvalue weighted by molar-refractivity contribution is -0.162. The van der Waals surface area contributed by atoms with Crippen molar-refractivity contribution in [2.45, 2.75) is 130 Å². The molecule has 3 N–H and O–H groups in total. The van der Waals surface area contributed by atoms with Crippen LogP contribution in [0.4, 0.5) is 4.79 Å². The molecule has 2 saturated carbocycles. The lowest BCUT2D eigenvalue weighted by atomic mass is 9.77. The third-order valence-electron chi connectivity index (χ3n) is 9.47. The molecule has 4 amide bonds. The fourth-order valence-electron chi connectivity index (χ4n) is 7.16. The van der Waals surface area contributed by atoms with Gasteiger partial charge in [-0.25, -0.2) is 4.79 Å². The third-order valence-corrected chi connectivity index (χ3v) is 9.47. The number of nitrogens with zero attached hydrogens (tertiary/aromatic N) is 1. The third kappa shape index (κ3) is 9.56. The molecular weight excluding hydrogens is 604 g/mol. The maximum Gasteiger partial charge on any atom is 0.408 e. The number of ether oxygens (including phenoxy) is 2. The minimum absolute atomic E-state index is 0.0430.